The minimum absolute atomic E-state index is 0. The van der Waals surface area contributed by atoms with Gasteiger partial charge in [0.05, 0.1) is 0 Å². The zero-order valence-electron chi connectivity index (χ0n) is 13.0. The van der Waals surface area contributed by atoms with E-state index in [-0.39, 0.29) is 48.6 Å². The Morgan fingerprint density at radius 3 is 2.14 bits per heavy atom. The van der Waals surface area contributed by atoms with Crippen LogP contribution < -0.4 is 11.1 Å². The topological polar surface area (TPSA) is 78.7 Å². The largest absolute Gasteiger partial charge is 0.355 e. The van der Waals surface area contributed by atoms with Crippen LogP contribution in [0.5, 0.6) is 0 Å². The van der Waals surface area contributed by atoms with Gasteiger partial charge >= 0.3 is 0 Å². The van der Waals surface area contributed by atoms with E-state index in [0.29, 0.717) is 13.0 Å². The molecule has 1 aliphatic rings. The molecule has 0 aromatic rings. The fourth-order valence-corrected chi connectivity index (χ4v) is 1.91. The van der Waals surface area contributed by atoms with E-state index in [1.807, 2.05) is 4.90 Å². The number of carbonyl (C=O) groups excluding carboxylic acids is 2. The Labute approximate surface area is 139 Å². The van der Waals surface area contributed by atoms with Crippen LogP contribution in [0.15, 0.2) is 0 Å². The number of likely N-dealkylation sites (N-methyl/N-ethyl adjacent to an activating group) is 1. The first-order valence-electron chi connectivity index (χ1n) is 6.91. The van der Waals surface area contributed by atoms with Gasteiger partial charge in [0, 0.05) is 51.1 Å². The van der Waals surface area contributed by atoms with Crippen LogP contribution in [0.2, 0.25) is 0 Å². The summed E-state index contributed by atoms with van der Waals surface area (Å²) >= 11 is 0. The number of hydrogen-bond acceptors (Lipinski definition) is 4. The van der Waals surface area contributed by atoms with Crippen molar-refractivity contribution < 1.29 is 9.59 Å². The first-order chi connectivity index (χ1) is 8.91. The molecule has 21 heavy (non-hydrogen) atoms. The monoisotopic (exact) mass is 342 g/mol. The summed E-state index contributed by atoms with van der Waals surface area (Å²) in [6.07, 6.45) is 0.362. The molecule has 0 radical (unpaired) electrons. The normalized spacial score (nSPS) is 18.0. The summed E-state index contributed by atoms with van der Waals surface area (Å²) < 4.78 is 0. The molecule has 0 aromatic carbocycles. The number of rotatable bonds is 5. The number of carbonyl (C=O) groups is 2. The molecule has 1 heterocycles. The molecular formula is C13H28Cl2N4O2. The molecule has 0 saturated carbocycles. The highest BCUT2D eigenvalue weighted by atomic mass is 35.5. The Hall–Kier alpha value is -0.560. The molecular weight excluding hydrogens is 315 g/mol. The molecule has 2 atom stereocenters. The van der Waals surface area contributed by atoms with Crippen molar-refractivity contribution >= 4 is 36.6 Å². The van der Waals surface area contributed by atoms with Crippen LogP contribution >= 0.6 is 24.8 Å². The zero-order valence-corrected chi connectivity index (χ0v) is 14.6. The third-order valence-corrected chi connectivity index (χ3v) is 3.70. The number of nitrogens with zero attached hydrogens (tertiary/aromatic N) is 2. The number of amides is 2. The van der Waals surface area contributed by atoms with Crippen LogP contribution in [0.3, 0.4) is 0 Å². The lowest BCUT2D eigenvalue weighted by atomic mass is 10.0. The fourth-order valence-electron chi connectivity index (χ4n) is 1.91. The van der Waals surface area contributed by atoms with Gasteiger partial charge in [-0.2, -0.15) is 0 Å². The summed E-state index contributed by atoms with van der Waals surface area (Å²) in [4.78, 5) is 27.7. The van der Waals surface area contributed by atoms with Gasteiger partial charge in [-0.05, 0) is 14.0 Å². The van der Waals surface area contributed by atoms with E-state index >= 15 is 0 Å². The number of halogens is 2. The Morgan fingerprint density at radius 2 is 1.67 bits per heavy atom. The first kappa shape index (κ1) is 22.7. The van der Waals surface area contributed by atoms with Gasteiger partial charge in [-0.3, -0.25) is 9.59 Å². The van der Waals surface area contributed by atoms with Gasteiger partial charge in [0.25, 0.3) is 0 Å². The quantitative estimate of drug-likeness (QED) is 0.742. The molecule has 0 bridgehead atoms. The van der Waals surface area contributed by atoms with Crippen molar-refractivity contribution in [2.75, 3.05) is 39.8 Å². The average molecular weight is 343 g/mol. The van der Waals surface area contributed by atoms with Crippen molar-refractivity contribution in [1.29, 1.82) is 0 Å². The molecule has 0 aromatic heterocycles. The average Bonchev–Trinajstić information content (AvgIpc) is 2.38. The minimum atomic E-state index is -0.223. The number of nitrogens with two attached hydrogens (primary N) is 1. The Morgan fingerprint density at radius 1 is 1.14 bits per heavy atom. The van der Waals surface area contributed by atoms with Crippen LogP contribution in [0, 0.1) is 5.92 Å². The Balaban J connectivity index is 0. The maximum Gasteiger partial charge on any atom is 0.224 e. The van der Waals surface area contributed by atoms with Crippen LogP contribution in [0.25, 0.3) is 0 Å². The standard InChI is InChI=1S/C13H26N4O2.2ClH/c1-10(11(2)14)13(19)15-5-4-12(18)17-8-6-16(3)7-9-17;;/h10-11H,4-9,14H2,1-3H3,(H,15,19);2*1H. The third kappa shape index (κ3) is 7.85. The fraction of sp³-hybridized carbons (Fsp3) is 0.846. The van der Waals surface area contributed by atoms with Crippen molar-refractivity contribution in [2.24, 2.45) is 11.7 Å². The first-order valence-corrected chi connectivity index (χ1v) is 6.91. The maximum atomic E-state index is 11.9. The third-order valence-electron chi connectivity index (χ3n) is 3.70. The van der Waals surface area contributed by atoms with E-state index in [4.69, 9.17) is 5.73 Å². The summed E-state index contributed by atoms with van der Waals surface area (Å²) in [5.41, 5.74) is 5.66. The highest BCUT2D eigenvalue weighted by Gasteiger charge is 2.20. The molecule has 3 N–H and O–H groups in total. The van der Waals surface area contributed by atoms with Gasteiger partial charge in [0.2, 0.25) is 11.8 Å². The van der Waals surface area contributed by atoms with Crippen LogP contribution in [0.1, 0.15) is 20.3 Å². The molecule has 1 rings (SSSR count). The predicted octanol–water partition coefficient (Wildman–Crippen LogP) is 0.0936. The van der Waals surface area contributed by atoms with Crippen molar-refractivity contribution in [3.63, 3.8) is 0 Å². The molecule has 8 heteroatoms. The van der Waals surface area contributed by atoms with Crippen LogP contribution in [-0.2, 0) is 9.59 Å². The van der Waals surface area contributed by atoms with Crippen molar-refractivity contribution in [3.05, 3.63) is 0 Å². The van der Waals surface area contributed by atoms with Gasteiger partial charge in [-0.25, -0.2) is 0 Å². The van der Waals surface area contributed by atoms with E-state index in [9.17, 15) is 9.59 Å². The van der Waals surface area contributed by atoms with E-state index < -0.39 is 0 Å². The summed E-state index contributed by atoms with van der Waals surface area (Å²) in [5.74, 6) is -0.193. The number of nitrogens with one attached hydrogen (secondary N) is 1. The molecule has 1 aliphatic heterocycles. The highest BCUT2D eigenvalue weighted by molar-refractivity contribution is 5.85. The highest BCUT2D eigenvalue weighted by Crippen LogP contribution is 2.02. The van der Waals surface area contributed by atoms with Gasteiger partial charge in [0.1, 0.15) is 0 Å². The predicted molar refractivity (Wildman–Crippen MR) is 89.0 cm³/mol. The van der Waals surface area contributed by atoms with E-state index in [2.05, 4.69) is 17.3 Å². The second-order valence-corrected chi connectivity index (χ2v) is 5.37. The molecule has 1 saturated heterocycles. The molecule has 0 aliphatic carbocycles. The van der Waals surface area contributed by atoms with Crippen LogP contribution in [0.4, 0.5) is 0 Å². The number of hydrogen-bond donors (Lipinski definition) is 2. The lowest BCUT2D eigenvalue weighted by Crippen LogP contribution is -2.48. The molecule has 2 amide bonds. The lowest BCUT2D eigenvalue weighted by Gasteiger charge is -2.32. The second-order valence-electron chi connectivity index (χ2n) is 5.37. The van der Waals surface area contributed by atoms with E-state index in [1.54, 1.807) is 13.8 Å². The second kappa shape index (κ2) is 11.1. The summed E-state index contributed by atoms with van der Waals surface area (Å²) in [6.45, 7) is 7.38. The Kier molecular flexibility index (Phi) is 12.0. The summed E-state index contributed by atoms with van der Waals surface area (Å²) in [5, 5.41) is 2.77. The molecule has 6 nitrogen and oxygen atoms in total. The van der Waals surface area contributed by atoms with Gasteiger partial charge in [-0.15, -0.1) is 24.8 Å². The van der Waals surface area contributed by atoms with E-state index in [1.165, 1.54) is 0 Å². The summed E-state index contributed by atoms with van der Waals surface area (Å²) in [6, 6.07) is -0.173. The van der Waals surface area contributed by atoms with Crippen molar-refractivity contribution in [3.8, 4) is 0 Å². The van der Waals surface area contributed by atoms with Gasteiger partial charge < -0.3 is 20.9 Å². The van der Waals surface area contributed by atoms with E-state index in [0.717, 1.165) is 26.2 Å². The van der Waals surface area contributed by atoms with Crippen molar-refractivity contribution in [1.82, 2.24) is 15.1 Å². The SMILES string of the molecule is CC(N)C(C)C(=O)NCCC(=O)N1CCN(C)CC1.Cl.Cl. The summed E-state index contributed by atoms with van der Waals surface area (Å²) in [7, 11) is 2.05. The maximum absolute atomic E-state index is 11.9. The van der Waals surface area contributed by atoms with Gasteiger partial charge in [-0.1, -0.05) is 6.92 Å². The molecule has 2 unspecified atom stereocenters. The number of piperazine rings is 1. The lowest BCUT2D eigenvalue weighted by molar-refractivity contribution is -0.132. The molecule has 1 fully saturated rings. The van der Waals surface area contributed by atoms with Gasteiger partial charge in [0.15, 0.2) is 0 Å². The smallest absolute Gasteiger partial charge is 0.224 e. The zero-order chi connectivity index (χ0) is 14.4. The van der Waals surface area contributed by atoms with Crippen LogP contribution in [-0.4, -0.2) is 67.4 Å². The van der Waals surface area contributed by atoms with Crippen molar-refractivity contribution in [2.45, 2.75) is 26.3 Å². The Bertz CT molecular complexity index is 321. The minimum Gasteiger partial charge on any atom is -0.355 e. The molecule has 126 valence electrons. The molecule has 0 spiro atoms.